The summed E-state index contributed by atoms with van der Waals surface area (Å²) in [5.41, 5.74) is 2.10. The van der Waals surface area contributed by atoms with E-state index in [1.54, 1.807) is 61.7 Å². The lowest BCUT2D eigenvalue weighted by molar-refractivity contribution is 0.0970. The van der Waals surface area contributed by atoms with E-state index in [1.165, 1.54) is 11.8 Å². The molecule has 0 fully saturated rings. The van der Waals surface area contributed by atoms with Crippen LogP contribution in [-0.4, -0.2) is 25.4 Å². The Hall–Kier alpha value is -4.39. The van der Waals surface area contributed by atoms with Crippen LogP contribution in [0.25, 0.3) is 11.0 Å². The third kappa shape index (κ3) is 4.45. The first kappa shape index (κ1) is 25.3. The number of methoxy groups -OCH3 is 1. The van der Waals surface area contributed by atoms with Gasteiger partial charge in [-0.25, -0.2) is 0 Å². The van der Waals surface area contributed by atoms with Crippen LogP contribution in [0.3, 0.4) is 0 Å². The van der Waals surface area contributed by atoms with Crippen LogP contribution in [0.2, 0.25) is 0 Å². The summed E-state index contributed by atoms with van der Waals surface area (Å²) in [6.45, 7) is 4.19. The van der Waals surface area contributed by atoms with Gasteiger partial charge in [0, 0.05) is 11.3 Å². The molecule has 1 aromatic heterocycles. The number of rotatable bonds is 9. The van der Waals surface area contributed by atoms with Crippen molar-refractivity contribution in [3.63, 3.8) is 0 Å². The van der Waals surface area contributed by atoms with Crippen molar-refractivity contribution in [1.29, 1.82) is 0 Å². The molecule has 194 valence electrons. The van der Waals surface area contributed by atoms with Gasteiger partial charge in [-0.1, -0.05) is 38.0 Å². The lowest BCUT2D eigenvalue weighted by atomic mass is 9.97. The molecule has 2 heterocycles. The average Bonchev–Trinajstić information content (AvgIpc) is 3.23. The van der Waals surface area contributed by atoms with E-state index in [2.05, 4.69) is 6.92 Å². The van der Waals surface area contributed by atoms with E-state index in [1.807, 2.05) is 12.1 Å². The van der Waals surface area contributed by atoms with Crippen molar-refractivity contribution in [1.82, 2.24) is 0 Å². The number of nitrogens with zero attached hydrogens (tertiary/aromatic N) is 1. The number of benzene rings is 3. The Balaban J connectivity index is 1.65. The summed E-state index contributed by atoms with van der Waals surface area (Å²) in [7, 11) is 1.56. The molecule has 0 saturated heterocycles. The number of hydrogen-bond donors (Lipinski definition) is 0. The van der Waals surface area contributed by atoms with Gasteiger partial charge < -0.3 is 13.9 Å². The van der Waals surface area contributed by atoms with Crippen LogP contribution < -0.4 is 19.8 Å². The van der Waals surface area contributed by atoms with Gasteiger partial charge in [0.05, 0.1) is 30.7 Å². The van der Waals surface area contributed by atoms with Gasteiger partial charge in [0.25, 0.3) is 5.91 Å². The van der Waals surface area contributed by atoms with Gasteiger partial charge in [0.2, 0.25) is 5.76 Å². The lowest BCUT2D eigenvalue weighted by Gasteiger charge is -2.26. The van der Waals surface area contributed by atoms with Crippen molar-refractivity contribution in [2.75, 3.05) is 18.6 Å². The van der Waals surface area contributed by atoms with E-state index >= 15 is 0 Å². The Morgan fingerprint density at radius 3 is 2.45 bits per heavy atom. The number of para-hydroxylation sites is 1. The largest absolute Gasteiger partial charge is 0.493 e. The van der Waals surface area contributed by atoms with Crippen LogP contribution in [0, 0.1) is 0 Å². The molecule has 1 aliphatic heterocycles. The minimum absolute atomic E-state index is 0.00760. The second kappa shape index (κ2) is 10.5. The first-order valence-corrected chi connectivity index (χ1v) is 12.8. The van der Waals surface area contributed by atoms with Crippen LogP contribution in [0.4, 0.5) is 5.69 Å². The molecule has 0 bridgehead atoms. The van der Waals surface area contributed by atoms with Gasteiger partial charge in [-0.05, 0) is 67.4 Å². The summed E-state index contributed by atoms with van der Waals surface area (Å²) in [6, 6.07) is 18.4. The van der Waals surface area contributed by atoms with Gasteiger partial charge in [0.1, 0.15) is 5.58 Å². The van der Waals surface area contributed by atoms with Crippen molar-refractivity contribution in [2.45, 2.75) is 39.2 Å². The molecule has 1 amide bonds. The number of ketones is 1. The molecular weight excluding hydrogens is 482 g/mol. The van der Waals surface area contributed by atoms with E-state index in [9.17, 15) is 14.4 Å². The second-order valence-electron chi connectivity index (χ2n) is 9.32. The van der Waals surface area contributed by atoms with Crippen LogP contribution in [-0.2, 0) is 0 Å². The number of ether oxygens (including phenoxy) is 2. The standard InChI is InChI=1S/C31H29NO6/c1-4-5-8-17-37-25-16-13-21(18-26(25)36-3)28-27-29(34)23-9-6-7-10-24(23)38-30(27)31(35)32(28)22-14-11-20(12-15-22)19(2)33/h6-7,9-16,18,28H,4-5,8,17H2,1-3H3. The third-order valence-electron chi connectivity index (χ3n) is 6.84. The normalized spacial score (nSPS) is 14.6. The predicted molar refractivity (Wildman–Crippen MR) is 146 cm³/mol. The lowest BCUT2D eigenvalue weighted by Crippen LogP contribution is -2.29. The average molecular weight is 512 g/mol. The number of carbonyl (C=O) groups is 2. The Labute approximate surface area is 220 Å². The highest BCUT2D eigenvalue weighted by molar-refractivity contribution is 6.11. The van der Waals surface area contributed by atoms with Gasteiger partial charge in [-0.2, -0.15) is 0 Å². The van der Waals surface area contributed by atoms with Crippen LogP contribution >= 0.6 is 0 Å². The van der Waals surface area contributed by atoms with Crippen molar-refractivity contribution < 1.29 is 23.5 Å². The molecule has 38 heavy (non-hydrogen) atoms. The molecule has 7 nitrogen and oxygen atoms in total. The topological polar surface area (TPSA) is 86.0 Å². The number of fused-ring (bicyclic) bond motifs is 2. The highest BCUT2D eigenvalue weighted by Gasteiger charge is 2.44. The maximum Gasteiger partial charge on any atom is 0.295 e. The minimum atomic E-state index is -0.760. The molecule has 7 heteroatoms. The fraction of sp³-hybridized carbons (Fsp3) is 0.258. The van der Waals surface area contributed by atoms with Crippen molar-refractivity contribution in [2.24, 2.45) is 0 Å². The summed E-state index contributed by atoms with van der Waals surface area (Å²) in [4.78, 5) is 40.9. The molecule has 4 aromatic rings. The summed E-state index contributed by atoms with van der Waals surface area (Å²) in [5.74, 6) is 0.610. The smallest absolute Gasteiger partial charge is 0.295 e. The molecule has 0 aliphatic carbocycles. The first-order valence-electron chi connectivity index (χ1n) is 12.8. The first-order chi connectivity index (χ1) is 18.4. The molecule has 1 unspecified atom stereocenters. The number of hydrogen-bond acceptors (Lipinski definition) is 6. The molecule has 0 saturated carbocycles. The van der Waals surface area contributed by atoms with Crippen LogP contribution in [0.15, 0.2) is 75.9 Å². The molecule has 0 radical (unpaired) electrons. The summed E-state index contributed by atoms with van der Waals surface area (Å²) < 4.78 is 17.6. The van der Waals surface area contributed by atoms with Gasteiger partial charge in [0.15, 0.2) is 22.7 Å². The second-order valence-corrected chi connectivity index (χ2v) is 9.32. The van der Waals surface area contributed by atoms with E-state index in [0.29, 0.717) is 45.9 Å². The molecule has 5 rings (SSSR count). The van der Waals surface area contributed by atoms with E-state index in [-0.39, 0.29) is 22.5 Å². The SMILES string of the molecule is CCCCCOc1ccc(C2c3c(oc4ccccc4c3=O)C(=O)N2c2ccc(C(C)=O)cc2)cc1OC. The van der Waals surface area contributed by atoms with Crippen molar-refractivity contribution in [3.8, 4) is 11.5 Å². The number of unbranched alkanes of at least 4 members (excludes halogenated alkanes) is 2. The summed E-state index contributed by atoms with van der Waals surface area (Å²) >= 11 is 0. The number of Topliss-reactive ketones (excluding diaryl/α,β-unsaturated/α-hetero) is 1. The predicted octanol–water partition coefficient (Wildman–Crippen LogP) is 6.32. The number of amides is 1. The van der Waals surface area contributed by atoms with Crippen LogP contribution in [0.5, 0.6) is 11.5 Å². The summed E-state index contributed by atoms with van der Waals surface area (Å²) in [6.07, 6.45) is 3.10. The van der Waals surface area contributed by atoms with E-state index < -0.39 is 11.9 Å². The molecule has 3 aromatic carbocycles. The Bertz CT molecular complexity index is 1570. The Morgan fingerprint density at radius 2 is 1.74 bits per heavy atom. The van der Waals surface area contributed by atoms with Gasteiger partial charge in [-0.15, -0.1) is 0 Å². The molecular formula is C31H29NO6. The van der Waals surface area contributed by atoms with Crippen LogP contribution in [0.1, 0.15) is 71.2 Å². The maximum absolute atomic E-state index is 13.8. The van der Waals surface area contributed by atoms with Gasteiger partial charge in [-0.3, -0.25) is 19.3 Å². The van der Waals surface area contributed by atoms with Gasteiger partial charge >= 0.3 is 0 Å². The fourth-order valence-electron chi connectivity index (χ4n) is 4.87. The third-order valence-corrected chi connectivity index (χ3v) is 6.84. The number of carbonyl (C=O) groups excluding carboxylic acids is 2. The monoisotopic (exact) mass is 511 g/mol. The summed E-state index contributed by atoms with van der Waals surface area (Å²) in [5, 5.41) is 0.403. The van der Waals surface area contributed by atoms with Crippen molar-refractivity contribution >= 4 is 28.3 Å². The van der Waals surface area contributed by atoms with Crippen molar-refractivity contribution in [3.05, 3.63) is 99.4 Å². The zero-order valence-electron chi connectivity index (χ0n) is 21.7. The molecule has 1 atom stereocenters. The molecule has 0 spiro atoms. The Morgan fingerprint density at radius 1 is 0.974 bits per heavy atom. The highest BCUT2D eigenvalue weighted by atomic mass is 16.5. The zero-order valence-corrected chi connectivity index (χ0v) is 21.7. The quantitative estimate of drug-likeness (QED) is 0.193. The van der Waals surface area contributed by atoms with E-state index in [0.717, 1.165) is 19.3 Å². The molecule has 1 aliphatic rings. The zero-order chi connectivity index (χ0) is 26.8. The molecule has 0 N–H and O–H groups in total. The Kier molecular flexibility index (Phi) is 7.01. The number of anilines is 1. The van der Waals surface area contributed by atoms with E-state index in [4.69, 9.17) is 13.9 Å². The maximum atomic E-state index is 13.8. The fourth-order valence-corrected chi connectivity index (χ4v) is 4.87. The minimum Gasteiger partial charge on any atom is -0.493 e. The highest BCUT2D eigenvalue weighted by Crippen LogP contribution is 2.43.